The van der Waals surface area contributed by atoms with Crippen molar-refractivity contribution in [2.24, 2.45) is 17.3 Å². The summed E-state index contributed by atoms with van der Waals surface area (Å²) in [6.45, 7) is 2.21. The van der Waals surface area contributed by atoms with E-state index in [9.17, 15) is 9.59 Å². The van der Waals surface area contributed by atoms with Gasteiger partial charge >= 0.3 is 5.97 Å². The molecule has 1 aromatic rings. The van der Waals surface area contributed by atoms with Crippen LogP contribution in [0.1, 0.15) is 44.6 Å². The van der Waals surface area contributed by atoms with E-state index in [4.69, 9.17) is 4.74 Å². The van der Waals surface area contributed by atoms with Gasteiger partial charge in [-0.1, -0.05) is 30.3 Å². The van der Waals surface area contributed by atoms with Crippen LogP contribution in [0, 0.1) is 17.3 Å². The van der Waals surface area contributed by atoms with Gasteiger partial charge in [0.05, 0.1) is 13.0 Å². The van der Waals surface area contributed by atoms with Crippen LogP contribution < -0.4 is 0 Å². The summed E-state index contributed by atoms with van der Waals surface area (Å²) >= 11 is 0. The molecule has 3 nitrogen and oxygen atoms in total. The Balaban J connectivity index is 1.65. The number of hydrogen-bond acceptors (Lipinski definition) is 3. The Morgan fingerprint density at radius 2 is 2.09 bits per heavy atom. The van der Waals surface area contributed by atoms with Crippen LogP contribution in [0.15, 0.2) is 30.3 Å². The van der Waals surface area contributed by atoms with E-state index in [1.54, 1.807) is 0 Å². The van der Waals surface area contributed by atoms with Gasteiger partial charge in [-0.15, -0.1) is 0 Å². The van der Waals surface area contributed by atoms with Crippen molar-refractivity contribution < 1.29 is 14.3 Å². The fourth-order valence-corrected chi connectivity index (χ4v) is 4.26. The summed E-state index contributed by atoms with van der Waals surface area (Å²) in [7, 11) is 0. The van der Waals surface area contributed by atoms with Gasteiger partial charge in [0, 0.05) is 11.8 Å². The molecule has 1 aromatic carbocycles. The maximum absolute atomic E-state index is 12.7. The second-order valence-corrected chi connectivity index (χ2v) is 6.79. The van der Waals surface area contributed by atoms with Crippen molar-refractivity contribution in [1.29, 1.82) is 0 Å². The van der Waals surface area contributed by atoms with Crippen LogP contribution in [-0.2, 0) is 20.7 Å². The zero-order valence-electron chi connectivity index (χ0n) is 13.2. The summed E-state index contributed by atoms with van der Waals surface area (Å²) in [6, 6.07) is 10.4. The normalized spacial score (nSPS) is 30.3. The Hall–Kier alpha value is -1.64. The summed E-state index contributed by atoms with van der Waals surface area (Å²) in [5.74, 6) is 0.897. The Kier molecular flexibility index (Phi) is 4.32. The van der Waals surface area contributed by atoms with E-state index in [0.717, 1.165) is 25.7 Å². The predicted octanol–water partition coefficient (Wildman–Crippen LogP) is 3.56. The molecule has 0 aromatic heterocycles. The monoisotopic (exact) mass is 300 g/mol. The second-order valence-electron chi connectivity index (χ2n) is 6.79. The number of esters is 1. The number of rotatable bonds is 5. The summed E-state index contributed by atoms with van der Waals surface area (Å²) in [6.07, 6.45) is 4.90. The van der Waals surface area contributed by atoms with Crippen molar-refractivity contribution in [3.05, 3.63) is 35.9 Å². The lowest BCUT2D eigenvalue weighted by Crippen LogP contribution is -2.53. The minimum atomic E-state index is -0.389. The SMILES string of the molecule is CCOC(=O)CC12CCC1CC(Cc1ccccc1)CC2=O. The highest BCUT2D eigenvalue weighted by Gasteiger charge is 2.56. The van der Waals surface area contributed by atoms with Crippen molar-refractivity contribution in [1.82, 2.24) is 0 Å². The highest BCUT2D eigenvalue weighted by atomic mass is 16.5. The van der Waals surface area contributed by atoms with Gasteiger partial charge in [-0.2, -0.15) is 0 Å². The Bertz CT molecular complexity index is 551. The highest BCUT2D eigenvalue weighted by Crippen LogP contribution is 2.57. The maximum atomic E-state index is 12.7. The van der Waals surface area contributed by atoms with Crippen molar-refractivity contribution in [3.63, 3.8) is 0 Å². The molecule has 0 aliphatic heterocycles. The molecule has 0 bridgehead atoms. The third-order valence-corrected chi connectivity index (χ3v) is 5.50. The summed E-state index contributed by atoms with van der Waals surface area (Å²) in [5.41, 5.74) is 0.914. The van der Waals surface area contributed by atoms with Gasteiger partial charge in [0.25, 0.3) is 0 Å². The molecule has 2 aliphatic rings. The lowest BCUT2D eigenvalue weighted by Gasteiger charge is -2.53. The smallest absolute Gasteiger partial charge is 0.306 e. The summed E-state index contributed by atoms with van der Waals surface area (Å²) in [4.78, 5) is 24.5. The fraction of sp³-hybridized carbons (Fsp3) is 0.579. The highest BCUT2D eigenvalue weighted by molar-refractivity contribution is 5.91. The molecular formula is C19H24O3. The molecule has 0 N–H and O–H groups in total. The van der Waals surface area contributed by atoms with Crippen molar-refractivity contribution in [2.45, 2.75) is 45.4 Å². The first kappa shape index (κ1) is 15.3. The van der Waals surface area contributed by atoms with Crippen molar-refractivity contribution in [3.8, 4) is 0 Å². The molecule has 0 amide bonds. The van der Waals surface area contributed by atoms with Gasteiger partial charge in [0.2, 0.25) is 0 Å². The number of carbonyl (C=O) groups is 2. The third kappa shape index (κ3) is 2.81. The van der Waals surface area contributed by atoms with Gasteiger partial charge in [-0.05, 0) is 50.0 Å². The average molecular weight is 300 g/mol. The lowest BCUT2D eigenvalue weighted by molar-refractivity contribution is -0.162. The molecule has 3 atom stereocenters. The molecule has 3 heteroatoms. The number of Topliss-reactive ketones (excluding diaryl/α,β-unsaturated/α-hetero) is 1. The van der Waals surface area contributed by atoms with Crippen molar-refractivity contribution >= 4 is 11.8 Å². The molecule has 0 saturated heterocycles. The number of hydrogen-bond donors (Lipinski definition) is 0. The van der Waals surface area contributed by atoms with Crippen LogP contribution in [0.25, 0.3) is 0 Å². The Morgan fingerprint density at radius 1 is 1.32 bits per heavy atom. The molecule has 3 unspecified atom stereocenters. The first-order valence-corrected chi connectivity index (χ1v) is 8.37. The molecule has 22 heavy (non-hydrogen) atoms. The number of fused-ring (bicyclic) bond motifs is 1. The van der Waals surface area contributed by atoms with E-state index in [2.05, 4.69) is 12.1 Å². The lowest BCUT2D eigenvalue weighted by atomic mass is 9.50. The van der Waals surface area contributed by atoms with Gasteiger partial charge in [0.15, 0.2) is 0 Å². The van der Waals surface area contributed by atoms with Crippen LogP contribution in [0.5, 0.6) is 0 Å². The van der Waals surface area contributed by atoms with E-state index in [-0.39, 0.29) is 11.4 Å². The number of ether oxygens (including phenoxy) is 1. The number of benzene rings is 1. The molecule has 0 heterocycles. The van der Waals surface area contributed by atoms with Crippen LogP contribution in [0.3, 0.4) is 0 Å². The van der Waals surface area contributed by atoms with Crippen LogP contribution >= 0.6 is 0 Å². The van der Waals surface area contributed by atoms with Gasteiger partial charge in [-0.25, -0.2) is 0 Å². The van der Waals surface area contributed by atoms with Gasteiger partial charge in [-0.3, -0.25) is 9.59 Å². The van der Waals surface area contributed by atoms with E-state index < -0.39 is 0 Å². The standard InChI is InChI=1S/C19H24O3/c1-2-22-18(21)13-19-9-8-16(19)11-15(12-17(19)20)10-14-6-4-3-5-7-14/h3-7,15-16H,2,8-13H2,1H3. The van der Waals surface area contributed by atoms with Gasteiger partial charge < -0.3 is 4.74 Å². The zero-order chi connectivity index (χ0) is 15.6. The number of carbonyl (C=O) groups excluding carboxylic acids is 2. The third-order valence-electron chi connectivity index (χ3n) is 5.50. The van der Waals surface area contributed by atoms with Crippen LogP contribution in [0.2, 0.25) is 0 Å². The molecule has 0 radical (unpaired) electrons. The molecule has 2 aliphatic carbocycles. The van der Waals surface area contributed by atoms with Crippen molar-refractivity contribution in [2.75, 3.05) is 6.61 Å². The summed E-state index contributed by atoms with van der Waals surface area (Å²) < 4.78 is 5.07. The molecular weight excluding hydrogens is 276 g/mol. The zero-order valence-corrected chi connectivity index (χ0v) is 13.2. The van der Waals surface area contributed by atoms with Crippen LogP contribution in [0.4, 0.5) is 0 Å². The predicted molar refractivity (Wildman–Crippen MR) is 84.3 cm³/mol. The van der Waals surface area contributed by atoms with E-state index in [1.165, 1.54) is 5.56 Å². The molecule has 0 spiro atoms. The fourth-order valence-electron chi connectivity index (χ4n) is 4.26. The quantitative estimate of drug-likeness (QED) is 0.781. The minimum Gasteiger partial charge on any atom is -0.466 e. The topological polar surface area (TPSA) is 43.4 Å². The maximum Gasteiger partial charge on any atom is 0.306 e. The Morgan fingerprint density at radius 3 is 2.68 bits per heavy atom. The summed E-state index contributed by atoms with van der Waals surface area (Å²) in [5, 5.41) is 0. The van der Waals surface area contributed by atoms with E-state index in [0.29, 0.717) is 37.1 Å². The van der Waals surface area contributed by atoms with E-state index >= 15 is 0 Å². The molecule has 118 valence electrons. The first-order chi connectivity index (χ1) is 10.6. The molecule has 2 saturated carbocycles. The molecule has 3 rings (SSSR count). The minimum absolute atomic E-state index is 0.206. The van der Waals surface area contributed by atoms with E-state index in [1.807, 2.05) is 25.1 Å². The second kappa shape index (κ2) is 6.23. The number of ketones is 1. The van der Waals surface area contributed by atoms with Gasteiger partial charge in [0.1, 0.15) is 5.78 Å². The van der Waals surface area contributed by atoms with Crippen LogP contribution in [-0.4, -0.2) is 18.4 Å². The first-order valence-electron chi connectivity index (χ1n) is 8.37. The largest absolute Gasteiger partial charge is 0.466 e. The average Bonchev–Trinajstić information content (AvgIpc) is 2.49. The Labute approximate surface area is 132 Å². The molecule has 2 fully saturated rings.